The zero-order valence-corrected chi connectivity index (χ0v) is 11.2. The van der Waals surface area contributed by atoms with Crippen molar-refractivity contribution in [1.29, 1.82) is 0 Å². The second-order valence-corrected chi connectivity index (χ2v) is 5.26. The average molecular weight is 261 g/mol. The van der Waals surface area contributed by atoms with Gasteiger partial charge in [-0.2, -0.15) is 0 Å². The van der Waals surface area contributed by atoms with Crippen molar-refractivity contribution in [2.24, 2.45) is 0 Å². The Morgan fingerprint density at radius 2 is 1.75 bits per heavy atom. The molecule has 0 N–H and O–H groups in total. The van der Waals surface area contributed by atoms with Crippen LogP contribution in [0.15, 0.2) is 43.0 Å². The summed E-state index contributed by atoms with van der Waals surface area (Å²) in [6.07, 6.45) is 12.1. The van der Waals surface area contributed by atoms with E-state index in [4.69, 9.17) is 0 Å². The van der Waals surface area contributed by atoms with Gasteiger partial charge in [-0.05, 0) is 42.4 Å². The van der Waals surface area contributed by atoms with E-state index < -0.39 is 0 Å². The second kappa shape index (κ2) is 4.67. The van der Waals surface area contributed by atoms with Crippen LogP contribution in [0, 0.1) is 0 Å². The van der Waals surface area contributed by atoms with Gasteiger partial charge in [0.1, 0.15) is 5.52 Å². The van der Waals surface area contributed by atoms with Gasteiger partial charge in [-0.3, -0.25) is 15.0 Å². The van der Waals surface area contributed by atoms with Crippen molar-refractivity contribution in [2.75, 3.05) is 0 Å². The monoisotopic (exact) mass is 261 g/mol. The van der Waals surface area contributed by atoms with Crippen molar-refractivity contribution in [2.45, 2.75) is 25.7 Å². The molecular weight excluding hydrogens is 246 g/mol. The normalized spacial score (nSPS) is 14.2. The molecule has 0 bridgehead atoms. The summed E-state index contributed by atoms with van der Waals surface area (Å²) in [7, 11) is 0. The van der Waals surface area contributed by atoms with Crippen LogP contribution < -0.4 is 0 Å². The highest BCUT2D eigenvalue weighted by molar-refractivity contribution is 5.91. The molecule has 4 rings (SSSR count). The van der Waals surface area contributed by atoms with Gasteiger partial charge in [0.05, 0.1) is 11.7 Å². The summed E-state index contributed by atoms with van der Waals surface area (Å²) in [5, 5.41) is 0. The molecule has 0 saturated carbocycles. The van der Waals surface area contributed by atoms with E-state index in [2.05, 4.69) is 33.2 Å². The summed E-state index contributed by atoms with van der Waals surface area (Å²) in [6.45, 7) is 0. The quantitative estimate of drug-likeness (QED) is 0.672. The molecule has 0 saturated heterocycles. The predicted octanol–water partition coefficient (Wildman–Crippen LogP) is 3.57. The van der Waals surface area contributed by atoms with Gasteiger partial charge in [-0.15, -0.1) is 0 Å². The molecule has 0 aliphatic heterocycles. The molecule has 0 spiro atoms. The Labute approximate surface area is 117 Å². The van der Waals surface area contributed by atoms with Crippen LogP contribution in [0.3, 0.4) is 0 Å². The molecule has 0 fully saturated rings. The third-order valence-corrected chi connectivity index (χ3v) is 4.07. The number of benzene rings is 1. The molecule has 3 nitrogen and oxygen atoms in total. The Balaban J connectivity index is 2.00. The molecule has 0 atom stereocenters. The molecule has 98 valence electrons. The molecule has 20 heavy (non-hydrogen) atoms. The van der Waals surface area contributed by atoms with Crippen molar-refractivity contribution in [3.8, 4) is 11.1 Å². The lowest BCUT2D eigenvalue weighted by atomic mass is 9.86. The van der Waals surface area contributed by atoms with Crippen LogP contribution in [0.1, 0.15) is 24.0 Å². The van der Waals surface area contributed by atoms with E-state index in [9.17, 15) is 0 Å². The van der Waals surface area contributed by atoms with Gasteiger partial charge < -0.3 is 0 Å². The summed E-state index contributed by atoms with van der Waals surface area (Å²) in [4.78, 5) is 13.2. The first-order valence-electron chi connectivity index (χ1n) is 7.09. The molecular formula is C17H15N3. The number of hydrogen-bond acceptors (Lipinski definition) is 3. The van der Waals surface area contributed by atoms with Gasteiger partial charge >= 0.3 is 0 Å². The third-order valence-electron chi connectivity index (χ3n) is 4.07. The first-order chi connectivity index (χ1) is 9.93. The van der Waals surface area contributed by atoms with E-state index in [0.29, 0.717) is 0 Å². The predicted molar refractivity (Wildman–Crippen MR) is 79.4 cm³/mol. The highest BCUT2D eigenvalue weighted by atomic mass is 14.8. The maximum atomic E-state index is 4.50. The largest absolute Gasteiger partial charge is 0.262 e. The fraction of sp³-hybridized carbons (Fsp3) is 0.235. The number of hydrogen-bond donors (Lipinski definition) is 0. The van der Waals surface area contributed by atoms with Gasteiger partial charge in [-0.25, -0.2) is 0 Å². The van der Waals surface area contributed by atoms with Gasteiger partial charge in [-0.1, -0.05) is 18.2 Å². The Bertz CT molecular complexity index is 775. The smallest absolute Gasteiger partial charge is 0.108 e. The molecule has 3 heteroatoms. The fourth-order valence-electron chi connectivity index (χ4n) is 3.13. The number of fused-ring (bicyclic) bond motifs is 2. The number of pyridine rings is 1. The summed E-state index contributed by atoms with van der Waals surface area (Å²) in [5.74, 6) is 0. The molecule has 0 amide bonds. The van der Waals surface area contributed by atoms with E-state index in [1.807, 2.05) is 6.20 Å². The van der Waals surface area contributed by atoms with E-state index in [1.165, 1.54) is 36.0 Å². The Morgan fingerprint density at radius 3 is 2.75 bits per heavy atom. The summed E-state index contributed by atoms with van der Waals surface area (Å²) in [6, 6.07) is 6.59. The standard InChI is InChI=1S/C17H15N3/c1-2-6-13-12(4-1)5-3-7-14(13)15-10-18-11-16-17(15)20-9-8-19-16/h3,5,7-11H,1-2,4,6H2. The van der Waals surface area contributed by atoms with Crippen molar-refractivity contribution in [3.05, 3.63) is 54.1 Å². The van der Waals surface area contributed by atoms with E-state index in [-0.39, 0.29) is 0 Å². The van der Waals surface area contributed by atoms with Crippen molar-refractivity contribution in [1.82, 2.24) is 15.0 Å². The maximum Gasteiger partial charge on any atom is 0.108 e. The molecule has 0 unspecified atom stereocenters. The van der Waals surface area contributed by atoms with Crippen LogP contribution in [-0.2, 0) is 12.8 Å². The summed E-state index contributed by atoms with van der Waals surface area (Å²) < 4.78 is 0. The van der Waals surface area contributed by atoms with E-state index >= 15 is 0 Å². The van der Waals surface area contributed by atoms with Crippen LogP contribution in [0.4, 0.5) is 0 Å². The average Bonchev–Trinajstić information content (AvgIpc) is 2.54. The molecule has 2 aromatic heterocycles. The lowest BCUT2D eigenvalue weighted by Gasteiger charge is -2.19. The molecule has 2 heterocycles. The molecule has 1 aliphatic rings. The Morgan fingerprint density at radius 1 is 0.850 bits per heavy atom. The minimum Gasteiger partial charge on any atom is -0.262 e. The number of rotatable bonds is 1. The topological polar surface area (TPSA) is 38.7 Å². The second-order valence-electron chi connectivity index (χ2n) is 5.26. The van der Waals surface area contributed by atoms with Gasteiger partial charge in [0, 0.05) is 24.2 Å². The molecule has 1 aliphatic carbocycles. The highest BCUT2D eigenvalue weighted by Gasteiger charge is 2.16. The van der Waals surface area contributed by atoms with Gasteiger partial charge in [0.25, 0.3) is 0 Å². The van der Waals surface area contributed by atoms with E-state index in [1.54, 1.807) is 18.6 Å². The van der Waals surface area contributed by atoms with Crippen LogP contribution >= 0.6 is 0 Å². The van der Waals surface area contributed by atoms with Crippen LogP contribution in [0.5, 0.6) is 0 Å². The van der Waals surface area contributed by atoms with E-state index in [0.717, 1.165) is 23.0 Å². The fourth-order valence-corrected chi connectivity index (χ4v) is 3.13. The SMILES string of the molecule is c1cc2c(c(-c3cncc4nccnc34)c1)CCCC2. The van der Waals surface area contributed by atoms with Gasteiger partial charge in [0.2, 0.25) is 0 Å². The summed E-state index contributed by atoms with van der Waals surface area (Å²) in [5.41, 5.74) is 7.14. The van der Waals surface area contributed by atoms with Crippen LogP contribution in [0.2, 0.25) is 0 Å². The first kappa shape index (κ1) is 11.5. The molecule has 1 aromatic carbocycles. The maximum absolute atomic E-state index is 4.50. The number of nitrogens with zero attached hydrogens (tertiary/aromatic N) is 3. The van der Waals surface area contributed by atoms with Crippen molar-refractivity contribution < 1.29 is 0 Å². The van der Waals surface area contributed by atoms with Gasteiger partial charge in [0.15, 0.2) is 0 Å². The molecule has 0 radical (unpaired) electrons. The third kappa shape index (κ3) is 1.78. The van der Waals surface area contributed by atoms with Crippen molar-refractivity contribution in [3.63, 3.8) is 0 Å². The molecule has 3 aromatic rings. The Hall–Kier alpha value is -2.29. The zero-order chi connectivity index (χ0) is 13.4. The minimum absolute atomic E-state index is 0.860. The minimum atomic E-state index is 0.860. The Kier molecular flexibility index (Phi) is 2.69. The summed E-state index contributed by atoms with van der Waals surface area (Å²) >= 11 is 0. The van der Waals surface area contributed by atoms with Crippen molar-refractivity contribution >= 4 is 11.0 Å². The van der Waals surface area contributed by atoms with Crippen LogP contribution in [-0.4, -0.2) is 15.0 Å². The highest BCUT2D eigenvalue weighted by Crippen LogP contribution is 2.33. The van der Waals surface area contributed by atoms with Crippen LogP contribution in [0.25, 0.3) is 22.2 Å². The number of aryl methyl sites for hydroxylation is 1. The zero-order valence-electron chi connectivity index (χ0n) is 11.2. The first-order valence-corrected chi connectivity index (χ1v) is 7.09. The number of aromatic nitrogens is 3. The lowest BCUT2D eigenvalue weighted by Crippen LogP contribution is -2.04. The lowest BCUT2D eigenvalue weighted by molar-refractivity contribution is 0.687.